The Balaban J connectivity index is 1.85. The maximum Gasteiger partial charge on any atom is 0.338 e. The number of anilines is 1. The summed E-state index contributed by atoms with van der Waals surface area (Å²) in [5, 5.41) is 11.8. The van der Waals surface area contributed by atoms with Crippen molar-refractivity contribution < 1.29 is 19.0 Å². The summed E-state index contributed by atoms with van der Waals surface area (Å²) in [4.78, 5) is 10.6. The van der Waals surface area contributed by atoms with Gasteiger partial charge in [-0.15, -0.1) is 0 Å². The van der Waals surface area contributed by atoms with Gasteiger partial charge in [-0.2, -0.15) is 0 Å². The van der Waals surface area contributed by atoms with Crippen molar-refractivity contribution in [2.45, 2.75) is 12.8 Å². The van der Waals surface area contributed by atoms with Crippen LogP contribution in [0, 0.1) is 11.7 Å². The van der Waals surface area contributed by atoms with E-state index in [2.05, 4.69) is 5.32 Å². The van der Waals surface area contributed by atoms with Crippen LogP contribution in [-0.4, -0.2) is 30.8 Å². The molecule has 1 atom stereocenters. The summed E-state index contributed by atoms with van der Waals surface area (Å²) in [5.74, 6) is -1.39. The maximum absolute atomic E-state index is 13.4. The second kappa shape index (κ2) is 5.82. The van der Waals surface area contributed by atoms with Crippen molar-refractivity contribution in [3.63, 3.8) is 0 Å². The monoisotopic (exact) mass is 253 g/mol. The first-order valence-electron chi connectivity index (χ1n) is 6.01. The van der Waals surface area contributed by atoms with Gasteiger partial charge >= 0.3 is 5.97 Å². The van der Waals surface area contributed by atoms with E-state index in [0.29, 0.717) is 11.6 Å². The zero-order valence-corrected chi connectivity index (χ0v) is 9.99. The molecule has 2 rings (SSSR count). The summed E-state index contributed by atoms with van der Waals surface area (Å²) in [6.07, 6.45) is 2.05. The summed E-state index contributed by atoms with van der Waals surface area (Å²) >= 11 is 0. The number of benzene rings is 1. The van der Waals surface area contributed by atoms with E-state index in [-0.39, 0.29) is 5.56 Å². The molecule has 0 aromatic heterocycles. The highest BCUT2D eigenvalue weighted by atomic mass is 19.1. The van der Waals surface area contributed by atoms with Crippen molar-refractivity contribution >= 4 is 11.7 Å². The van der Waals surface area contributed by atoms with Gasteiger partial charge in [0.15, 0.2) is 0 Å². The first kappa shape index (κ1) is 12.8. The van der Waals surface area contributed by atoms with Crippen molar-refractivity contribution in [2.24, 2.45) is 5.92 Å². The third kappa shape index (κ3) is 3.20. The summed E-state index contributed by atoms with van der Waals surface area (Å²) in [5.41, 5.74) is 0.307. The van der Waals surface area contributed by atoms with Crippen LogP contribution in [0.25, 0.3) is 0 Å². The minimum absolute atomic E-state index is 0.301. The van der Waals surface area contributed by atoms with Gasteiger partial charge in [0, 0.05) is 25.4 Å². The molecule has 0 saturated carbocycles. The van der Waals surface area contributed by atoms with Crippen LogP contribution in [0.1, 0.15) is 23.2 Å². The van der Waals surface area contributed by atoms with Crippen LogP contribution in [0.2, 0.25) is 0 Å². The molecular formula is C13H16FNO3. The summed E-state index contributed by atoms with van der Waals surface area (Å²) < 4.78 is 18.7. The average Bonchev–Trinajstić information content (AvgIpc) is 2.81. The summed E-state index contributed by atoms with van der Waals surface area (Å²) in [6.45, 7) is 2.36. The molecule has 4 nitrogen and oxygen atoms in total. The fourth-order valence-corrected chi connectivity index (χ4v) is 2.03. The van der Waals surface area contributed by atoms with E-state index in [9.17, 15) is 9.18 Å². The summed E-state index contributed by atoms with van der Waals surface area (Å²) in [6, 6.07) is 4.07. The number of halogens is 1. The smallest absolute Gasteiger partial charge is 0.338 e. The van der Waals surface area contributed by atoms with Crippen molar-refractivity contribution in [1.82, 2.24) is 0 Å². The van der Waals surface area contributed by atoms with Gasteiger partial charge in [0.05, 0.1) is 5.56 Å². The molecule has 1 aromatic rings. The molecule has 1 unspecified atom stereocenters. The largest absolute Gasteiger partial charge is 0.478 e. The lowest BCUT2D eigenvalue weighted by Crippen LogP contribution is -2.09. The minimum Gasteiger partial charge on any atom is -0.478 e. The number of carboxylic acids is 1. The molecule has 0 amide bonds. The fraction of sp³-hybridized carbons (Fsp3) is 0.462. The van der Waals surface area contributed by atoms with Gasteiger partial charge in [-0.25, -0.2) is 9.18 Å². The topological polar surface area (TPSA) is 58.6 Å². The number of hydrogen-bond acceptors (Lipinski definition) is 3. The van der Waals surface area contributed by atoms with Gasteiger partial charge in [0.25, 0.3) is 0 Å². The molecular weight excluding hydrogens is 237 g/mol. The zero-order chi connectivity index (χ0) is 13.0. The molecule has 1 aromatic carbocycles. The number of rotatable bonds is 5. The van der Waals surface area contributed by atoms with Crippen LogP contribution in [0.4, 0.5) is 10.1 Å². The quantitative estimate of drug-likeness (QED) is 0.845. The van der Waals surface area contributed by atoms with E-state index in [0.717, 1.165) is 32.6 Å². The Hall–Kier alpha value is -1.62. The molecule has 18 heavy (non-hydrogen) atoms. The van der Waals surface area contributed by atoms with Gasteiger partial charge < -0.3 is 15.2 Å². The molecule has 1 aliphatic heterocycles. The fourth-order valence-electron chi connectivity index (χ4n) is 2.03. The van der Waals surface area contributed by atoms with E-state index in [1.807, 2.05) is 0 Å². The van der Waals surface area contributed by atoms with Crippen LogP contribution >= 0.6 is 0 Å². The van der Waals surface area contributed by atoms with Crippen LogP contribution < -0.4 is 5.32 Å². The normalized spacial score (nSPS) is 18.8. The zero-order valence-electron chi connectivity index (χ0n) is 9.99. The van der Waals surface area contributed by atoms with Crippen LogP contribution in [-0.2, 0) is 4.74 Å². The first-order chi connectivity index (χ1) is 8.66. The number of nitrogens with one attached hydrogen (secondary N) is 1. The standard InChI is InChI=1S/C13H16FNO3/c14-12-7-10(1-2-11(12)13(16)17)15-5-3-9-4-6-18-8-9/h1-2,7,9,15H,3-6,8H2,(H,16,17). The molecule has 98 valence electrons. The highest BCUT2D eigenvalue weighted by molar-refractivity contribution is 5.88. The predicted octanol–water partition coefficient (Wildman–Crippen LogP) is 2.36. The summed E-state index contributed by atoms with van der Waals surface area (Å²) in [7, 11) is 0. The van der Waals surface area contributed by atoms with Crippen molar-refractivity contribution in [3.05, 3.63) is 29.6 Å². The first-order valence-corrected chi connectivity index (χ1v) is 6.01. The average molecular weight is 253 g/mol. The Kier molecular flexibility index (Phi) is 4.15. The van der Waals surface area contributed by atoms with Crippen molar-refractivity contribution in [2.75, 3.05) is 25.1 Å². The number of carbonyl (C=O) groups is 1. The Morgan fingerprint density at radius 2 is 2.39 bits per heavy atom. The lowest BCUT2D eigenvalue weighted by atomic mass is 10.1. The number of hydrogen-bond donors (Lipinski definition) is 2. The van der Waals surface area contributed by atoms with Crippen molar-refractivity contribution in [1.29, 1.82) is 0 Å². The second-order valence-corrected chi connectivity index (χ2v) is 4.44. The van der Waals surface area contributed by atoms with Crippen molar-refractivity contribution in [3.8, 4) is 0 Å². The molecule has 2 N–H and O–H groups in total. The van der Waals surface area contributed by atoms with Gasteiger partial charge in [0.1, 0.15) is 5.82 Å². The van der Waals surface area contributed by atoms with Gasteiger partial charge in [0.2, 0.25) is 0 Å². The lowest BCUT2D eigenvalue weighted by Gasteiger charge is -2.10. The Morgan fingerprint density at radius 3 is 3.00 bits per heavy atom. The van der Waals surface area contributed by atoms with Crippen LogP contribution in [0.3, 0.4) is 0 Å². The molecule has 0 bridgehead atoms. The molecule has 0 aliphatic carbocycles. The molecule has 0 spiro atoms. The SMILES string of the molecule is O=C(O)c1ccc(NCCC2CCOC2)cc1F. The van der Waals surface area contributed by atoms with Gasteiger partial charge in [-0.05, 0) is 37.0 Å². The van der Waals surface area contributed by atoms with Crippen LogP contribution in [0.5, 0.6) is 0 Å². The lowest BCUT2D eigenvalue weighted by molar-refractivity contribution is 0.0692. The Labute approximate surface area is 105 Å². The minimum atomic E-state index is -1.25. The Morgan fingerprint density at radius 1 is 1.56 bits per heavy atom. The third-order valence-electron chi connectivity index (χ3n) is 3.11. The van der Waals surface area contributed by atoms with E-state index in [1.54, 1.807) is 6.07 Å². The number of carboxylic acid groups (broad SMARTS) is 1. The number of aromatic carboxylic acids is 1. The molecule has 0 radical (unpaired) electrons. The van der Waals surface area contributed by atoms with E-state index in [1.165, 1.54) is 12.1 Å². The molecule has 1 saturated heterocycles. The van der Waals surface area contributed by atoms with Crippen LogP contribution in [0.15, 0.2) is 18.2 Å². The maximum atomic E-state index is 13.4. The van der Waals surface area contributed by atoms with E-state index >= 15 is 0 Å². The van der Waals surface area contributed by atoms with Gasteiger partial charge in [-0.3, -0.25) is 0 Å². The molecule has 1 heterocycles. The molecule has 1 fully saturated rings. The van der Waals surface area contributed by atoms with Gasteiger partial charge in [-0.1, -0.05) is 0 Å². The second-order valence-electron chi connectivity index (χ2n) is 4.44. The highest BCUT2D eigenvalue weighted by Crippen LogP contribution is 2.18. The Bertz CT molecular complexity index is 430. The highest BCUT2D eigenvalue weighted by Gasteiger charge is 2.15. The predicted molar refractivity (Wildman–Crippen MR) is 65.4 cm³/mol. The van der Waals surface area contributed by atoms with E-state index in [4.69, 9.17) is 9.84 Å². The van der Waals surface area contributed by atoms with E-state index < -0.39 is 11.8 Å². The number of ether oxygens (including phenoxy) is 1. The third-order valence-corrected chi connectivity index (χ3v) is 3.11. The molecule has 1 aliphatic rings. The molecule has 5 heteroatoms.